The summed E-state index contributed by atoms with van der Waals surface area (Å²) in [6, 6.07) is 0. The highest BCUT2D eigenvalue weighted by molar-refractivity contribution is 5.66. The largest absolute Gasteiger partial charge is 0.449 e. The van der Waals surface area contributed by atoms with Crippen molar-refractivity contribution in [1.29, 1.82) is 0 Å². The smallest absolute Gasteiger partial charge is 0.409 e. The molecule has 0 aromatic rings. The molecular formula is C13H25NO2. The summed E-state index contributed by atoms with van der Waals surface area (Å²) in [5.41, 5.74) is 1.37. The summed E-state index contributed by atoms with van der Waals surface area (Å²) < 4.78 is 5.07. The molecule has 0 unspecified atom stereocenters. The topological polar surface area (TPSA) is 29.5 Å². The van der Waals surface area contributed by atoms with Gasteiger partial charge in [0, 0.05) is 14.1 Å². The predicted octanol–water partition coefficient (Wildman–Crippen LogP) is 3.46. The number of carbonyl (C=O) groups excluding carboxylic acids is 1. The summed E-state index contributed by atoms with van der Waals surface area (Å²) in [4.78, 5) is 12.6. The van der Waals surface area contributed by atoms with E-state index in [-0.39, 0.29) is 6.09 Å². The van der Waals surface area contributed by atoms with E-state index < -0.39 is 0 Å². The fourth-order valence-electron chi connectivity index (χ4n) is 1.28. The maximum Gasteiger partial charge on any atom is 0.409 e. The van der Waals surface area contributed by atoms with E-state index in [0.717, 1.165) is 19.3 Å². The molecule has 3 heteroatoms. The molecule has 16 heavy (non-hydrogen) atoms. The van der Waals surface area contributed by atoms with Gasteiger partial charge in [-0.1, -0.05) is 18.6 Å². The molecule has 0 aromatic heterocycles. The van der Waals surface area contributed by atoms with Crippen LogP contribution in [0.5, 0.6) is 0 Å². The molecule has 0 saturated heterocycles. The van der Waals surface area contributed by atoms with Crippen LogP contribution in [0.2, 0.25) is 0 Å². The minimum atomic E-state index is -0.253. The standard InChI is InChI=1S/C13H25NO2/c1-11(2)7-6-8-12(3)9-10-16-13(15)14(4)5/h7,12H,6,8-10H2,1-5H3/t12-/m0/s1. The number of hydrogen-bond donors (Lipinski definition) is 0. The normalized spacial score (nSPS) is 11.8. The molecule has 0 saturated carbocycles. The van der Waals surface area contributed by atoms with Crippen molar-refractivity contribution in [2.75, 3.05) is 20.7 Å². The van der Waals surface area contributed by atoms with Gasteiger partial charge in [0.05, 0.1) is 6.61 Å². The minimum Gasteiger partial charge on any atom is -0.449 e. The molecule has 3 nitrogen and oxygen atoms in total. The molecule has 94 valence electrons. The number of amides is 1. The van der Waals surface area contributed by atoms with Crippen LogP contribution in [0.1, 0.15) is 40.0 Å². The van der Waals surface area contributed by atoms with E-state index in [4.69, 9.17) is 4.74 Å². The second-order valence-electron chi connectivity index (χ2n) is 4.76. The Bertz CT molecular complexity index is 230. The van der Waals surface area contributed by atoms with E-state index >= 15 is 0 Å². The molecule has 0 radical (unpaired) electrons. The second kappa shape index (κ2) is 8.20. The van der Waals surface area contributed by atoms with Crippen LogP contribution in [-0.4, -0.2) is 31.7 Å². The molecule has 0 aliphatic rings. The van der Waals surface area contributed by atoms with Crippen molar-refractivity contribution in [1.82, 2.24) is 4.90 Å². The molecule has 0 aromatic carbocycles. The molecule has 0 fully saturated rings. The maximum atomic E-state index is 11.1. The van der Waals surface area contributed by atoms with Crippen molar-refractivity contribution in [3.63, 3.8) is 0 Å². The van der Waals surface area contributed by atoms with Crippen LogP contribution in [0.3, 0.4) is 0 Å². The lowest BCUT2D eigenvalue weighted by Gasteiger charge is -2.13. The van der Waals surface area contributed by atoms with Crippen LogP contribution in [0.15, 0.2) is 11.6 Å². The molecule has 0 heterocycles. The summed E-state index contributed by atoms with van der Waals surface area (Å²) in [7, 11) is 3.39. The number of hydrogen-bond acceptors (Lipinski definition) is 2. The zero-order valence-electron chi connectivity index (χ0n) is 11.2. The highest BCUT2D eigenvalue weighted by atomic mass is 16.6. The third kappa shape index (κ3) is 8.33. The van der Waals surface area contributed by atoms with E-state index in [1.165, 1.54) is 10.5 Å². The van der Waals surface area contributed by atoms with Crippen molar-refractivity contribution >= 4 is 6.09 Å². The van der Waals surface area contributed by atoms with Crippen molar-refractivity contribution in [3.05, 3.63) is 11.6 Å². The lowest BCUT2D eigenvalue weighted by molar-refractivity contribution is 0.112. The number of carbonyl (C=O) groups is 1. The lowest BCUT2D eigenvalue weighted by atomic mass is 10.0. The van der Waals surface area contributed by atoms with Gasteiger partial charge in [-0.3, -0.25) is 0 Å². The van der Waals surface area contributed by atoms with Gasteiger partial charge >= 0.3 is 6.09 Å². The number of rotatable bonds is 6. The molecule has 0 bridgehead atoms. The Labute approximate surface area is 99.5 Å². The van der Waals surface area contributed by atoms with E-state index in [0.29, 0.717) is 12.5 Å². The molecule has 0 spiro atoms. The van der Waals surface area contributed by atoms with Crippen LogP contribution >= 0.6 is 0 Å². The van der Waals surface area contributed by atoms with Crippen LogP contribution in [0, 0.1) is 5.92 Å². The highest BCUT2D eigenvalue weighted by Crippen LogP contribution is 2.11. The summed E-state index contributed by atoms with van der Waals surface area (Å²) in [5, 5.41) is 0. The monoisotopic (exact) mass is 227 g/mol. The number of ether oxygens (including phenoxy) is 1. The molecular weight excluding hydrogens is 202 g/mol. The molecule has 0 aliphatic heterocycles. The fourth-order valence-corrected chi connectivity index (χ4v) is 1.28. The van der Waals surface area contributed by atoms with Gasteiger partial charge in [0.2, 0.25) is 0 Å². The SMILES string of the molecule is CC(C)=CCC[C@H](C)CCOC(=O)N(C)C. The number of allylic oxidation sites excluding steroid dienone is 2. The first-order chi connectivity index (χ1) is 7.43. The summed E-state index contributed by atoms with van der Waals surface area (Å²) in [6.07, 6.45) is 5.21. The summed E-state index contributed by atoms with van der Waals surface area (Å²) in [6.45, 7) is 6.95. The summed E-state index contributed by atoms with van der Waals surface area (Å²) in [5.74, 6) is 0.602. The molecule has 0 aliphatic carbocycles. The van der Waals surface area contributed by atoms with Gasteiger partial charge in [-0.15, -0.1) is 0 Å². The van der Waals surface area contributed by atoms with E-state index in [1.54, 1.807) is 14.1 Å². The average molecular weight is 227 g/mol. The van der Waals surface area contributed by atoms with Crippen LogP contribution in [-0.2, 0) is 4.74 Å². The predicted molar refractivity (Wildman–Crippen MR) is 67.5 cm³/mol. The Morgan fingerprint density at radius 3 is 2.44 bits per heavy atom. The van der Waals surface area contributed by atoms with Crippen molar-refractivity contribution < 1.29 is 9.53 Å². The van der Waals surface area contributed by atoms with Gasteiger partial charge < -0.3 is 9.64 Å². The van der Waals surface area contributed by atoms with E-state index in [9.17, 15) is 4.79 Å². The van der Waals surface area contributed by atoms with Crippen molar-refractivity contribution in [2.45, 2.75) is 40.0 Å². The third-order valence-electron chi connectivity index (χ3n) is 2.41. The zero-order valence-corrected chi connectivity index (χ0v) is 11.2. The first-order valence-electron chi connectivity index (χ1n) is 5.91. The minimum absolute atomic E-state index is 0.253. The lowest BCUT2D eigenvalue weighted by Crippen LogP contribution is -2.23. The van der Waals surface area contributed by atoms with Crippen LogP contribution in [0.25, 0.3) is 0 Å². The van der Waals surface area contributed by atoms with E-state index in [2.05, 4.69) is 26.8 Å². The van der Waals surface area contributed by atoms with Crippen LogP contribution in [0.4, 0.5) is 4.79 Å². The Morgan fingerprint density at radius 1 is 1.31 bits per heavy atom. The number of nitrogens with zero attached hydrogens (tertiary/aromatic N) is 1. The maximum absolute atomic E-state index is 11.1. The molecule has 0 rings (SSSR count). The fraction of sp³-hybridized carbons (Fsp3) is 0.769. The van der Waals surface area contributed by atoms with Gasteiger partial charge in [-0.25, -0.2) is 4.79 Å². The average Bonchev–Trinajstić information content (AvgIpc) is 2.16. The molecule has 1 atom stereocenters. The Hall–Kier alpha value is -0.990. The second-order valence-corrected chi connectivity index (χ2v) is 4.76. The van der Waals surface area contributed by atoms with E-state index in [1.807, 2.05) is 0 Å². The Morgan fingerprint density at radius 2 is 1.94 bits per heavy atom. The Balaban J connectivity index is 3.54. The van der Waals surface area contributed by atoms with Crippen LogP contribution < -0.4 is 0 Å². The first kappa shape index (κ1) is 15.0. The molecule has 0 N–H and O–H groups in total. The van der Waals surface area contributed by atoms with Gasteiger partial charge in [-0.05, 0) is 39.0 Å². The highest BCUT2D eigenvalue weighted by Gasteiger charge is 2.06. The quantitative estimate of drug-likeness (QED) is 0.650. The van der Waals surface area contributed by atoms with Gasteiger partial charge in [0.25, 0.3) is 0 Å². The van der Waals surface area contributed by atoms with Crippen molar-refractivity contribution in [3.8, 4) is 0 Å². The summed E-state index contributed by atoms with van der Waals surface area (Å²) >= 11 is 0. The third-order valence-corrected chi connectivity index (χ3v) is 2.41. The van der Waals surface area contributed by atoms with Gasteiger partial charge in [0.15, 0.2) is 0 Å². The first-order valence-corrected chi connectivity index (χ1v) is 5.91. The van der Waals surface area contributed by atoms with Gasteiger partial charge in [0.1, 0.15) is 0 Å². The zero-order chi connectivity index (χ0) is 12.6. The Kier molecular flexibility index (Phi) is 7.69. The van der Waals surface area contributed by atoms with Gasteiger partial charge in [-0.2, -0.15) is 0 Å². The molecule has 1 amide bonds. The van der Waals surface area contributed by atoms with Crippen molar-refractivity contribution in [2.24, 2.45) is 5.92 Å².